The molecule has 0 bridgehead atoms. The van der Waals surface area contributed by atoms with Gasteiger partial charge >= 0.3 is 0 Å². The van der Waals surface area contributed by atoms with Gasteiger partial charge in [-0.1, -0.05) is 0 Å². The van der Waals surface area contributed by atoms with Crippen molar-refractivity contribution in [1.82, 2.24) is 19.8 Å². The molecule has 1 amide bonds. The van der Waals surface area contributed by atoms with Crippen LogP contribution in [0, 0.1) is 5.92 Å². The highest BCUT2D eigenvalue weighted by Gasteiger charge is 2.31. The lowest BCUT2D eigenvalue weighted by Gasteiger charge is -2.34. The largest absolute Gasteiger partial charge is 0.396 e. The summed E-state index contributed by atoms with van der Waals surface area (Å²) >= 11 is 0. The lowest BCUT2D eigenvalue weighted by molar-refractivity contribution is 0.000670. The van der Waals surface area contributed by atoms with Crippen molar-refractivity contribution >= 4 is 5.91 Å². The quantitative estimate of drug-likeness (QED) is 0.640. The number of amides is 1. The monoisotopic (exact) mass is 294 g/mol. The van der Waals surface area contributed by atoms with Crippen molar-refractivity contribution in [2.24, 2.45) is 5.92 Å². The fourth-order valence-corrected chi connectivity index (χ4v) is 3.01. The lowest BCUT2D eigenvalue weighted by atomic mass is 9.94. The number of nitrogens with zero attached hydrogens (tertiary/aromatic N) is 3. The average molecular weight is 294 g/mol. The zero-order valence-electron chi connectivity index (χ0n) is 12.0. The van der Waals surface area contributed by atoms with Gasteiger partial charge in [-0.25, -0.2) is 4.98 Å². The minimum absolute atomic E-state index is 0.0328. The third kappa shape index (κ3) is 2.95. The number of hydrogen-bond acceptors (Lipinski definition) is 5. The Morgan fingerprint density at radius 2 is 2.29 bits per heavy atom. The molecule has 0 aliphatic carbocycles. The molecule has 2 aliphatic heterocycles. The number of carbonyl (C=O) groups is 1. The minimum Gasteiger partial charge on any atom is -0.396 e. The Labute approximate surface area is 123 Å². The van der Waals surface area contributed by atoms with Gasteiger partial charge in [0.15, 0.2) is 0 Å². The van der Waals surface area contributed by atoms with Gasteiger partial charge in [0.2, 0.25) is 0 Å². The van der Waals surface area contributed by atoms with E-state index < -0.39 is 6.10 Å². The van der Waals surface area contributed by atoms with Crippen molar-refractivity contribution in [3.05, 3.63) is 17.7 Å². The number of aromatic nitrogens is 2. The molecule has 0 unspecified atom stereocenters. The van der Waals surface area contributed by atoms with Crippen molar-refractivity contribution < 1.29 is 15.0 Å². The molecule has 0 radical (unpaired) electrons. The van der Waals surface area contributed by atoms with Gasteiger partial charge in [-0.15, -0.1) is 0 Å². The molecule has 1 aromatic heterocycles. The van der Waals surface area contributed by atoms with Crippen LogP contribution in [0.4, 0.5) is 0 Å². The summed E-state index contributed by atoms with van der Waals surface area (Å²) in [4.78, 5) is 18.6. The molecule has 3 rings (SSSR count). The summed E-state index contributed by atoms with van der Waals surface area (Å²) in [6, 6.07) is 0. The van der Waals surface area contributed by atoms with Gasteiger partial charge in [0.1, 0.15) is 11.5 Å². The number of imidazole rings is 1. The van der Waals surface area contributed by atoms with Crippen molar-refractivity contribution in [2.75, 3.05) is 32.8 Å². The van der Waals surface area contributed by atoms with Gasteiger partial charge in [-0.2, -0.15) is 0 Å². The molecule has 1 aromatic rings. The number of nitrogens with one attached hydrogen (secondary N) is 1. The maximum atomic E-state index is 12.5. The lowest BCUT2D eigenvalue weighted by Crippen LogP contribution is -2.47. The van der Waals surface area contributed by atoms with Gasteiger partial charge in [-0.3, -0.25) is 4.79 Å². The topological polar surface area (TPSA) is 90.6 Å². The number of fused-ring (bicyclic) bond motifs is 1. The SMILES string of the molecule is O=C(c1cn2c(n1)CCNCC2)N1CC[C@H](CO)[C@@H](O)C1. The zero-order chi connectivity index (χ0) is 14.8. The highest BCUT2D eigenvalue weighted by molar-refractivity contribution is 5.92. The number of rotatable bonds is 2. The van der Waals surface area contributed by atoms with Crippen LogP contribution in [-0.4, -0.2) is 69.5 Å². The summed E-state index contributed by atoms with van der Waals surface area (Å²) in [5, 5.41) is 22.4. The number of aliphatic hydroxyl groups excluding tert-OH is 2. The fourth-order valence-electron chi connectivity index (χ4n) is 3.01. The second-order valence-corrected chi connectivity index (χ2v) is 5.79. The van der Waals surface area contributed by atoms with Gasteiger partial charge < -0.3 is 25.0 Å². The summed E-state index contributed by atoms with van der Waals surface area (Å²) in [5.74, 6) is 0.687. The number of β-amino-alcohol motifs (C(OH)–C–C–N with tert-alkyl or cyclic N) is 1. The van der Waals surface area contributed by atoms with Crippen LogP contribution in [-0.2, 0) is 13.0 Å². The first-order valence-electron chi connectivity index (χ1n) is 7.54. The molecular weight excluding hydrogens is 272 g/mol. The van der Waals surface area contributed by atoms with E-state index in [1.165, 1.54) is 0 Å². The molecule has 1 fully saturated rings. The van der Waals surface area contributed by atoms with E-state index in [0.717, 1.165) is 31.9 Å². The molecule has 116 valence electrons. The molecule has 3 N–H and O–H groups in total. The number of hydrogen-bond donors (Lipinski definition) is 3. The predicted molar refractivity (Wildman–Crippen MR) is 75.9 cm³/mol. The molecule has 1 saturated heterocycles. The fraction of sp³-hybridized carbons (Fsp3) is 0.714. The maximum absolute atomic E-state index is 12.5. The van der Waals surface area contributed by atoms with Crippen molar-refractivity contribution in [3.8, 4) is 0 Å². The Balaban J connectivity index is 1.71. The first kappa shape index (κ1) is 14.5. The molecular formula is C14H22N4O3. The molecule has 0 spiro atoms. The summed E-state index contributed by atoms with van der Waals surface area (Å²) in [7, 11) is 0. The number of aliphatic hydroxyl groups is 2. The Morgan fingerprint density at radius 1 is 1.43 bits per heavy atom. The first-order chi connectivity index (χ1) is 10.2. The van der Waals surface area contributed by atoms with E-state index in [0.29, 0.717) is 18.7 Å². The molecule has 2 atom stereocenters. The Hall–Kier alpha value is -1.44. The third-order valence-corrected chi connectivity index (χ3v) is 4.38. The van der Waals surface area contributed by atoms with Crippen LogP contribution in [0.15, 0.2) is 6.20 Å². The van der Waals surface area contributed by atoms with E-state index in [-0.39, 0.29) is 25.0 Å². The molecule has 7 nitrogen and oxygen atoms in total. The molecule has 0 aromatic carbocycles. The van der Waals surface area contributed by atoms with E-state index in [1.54, 1.807) is 4.90 Å². The van der Waals surface area contributed by atoms with E-state index >= 15 is 0 Å². The first-order valence-corrected chi connectivity index (χ1v) is 7.54. The van der Waals surface area contributed by atoms with Crippen LogP contribution in [0.25, 0.3) is 0 Å². The maximum Gasteiger partial charge on any atom is 0.274 e. The van der Waals surface area contributed by atoms with Gasteiger partial charge in [0.25, 0.3) is 5.91 Å². The van der Waals surface area contributed by atoms with Crippen LogP contribution >= 0.6 is 0 Å². The van der Waals surface area contributed by atoms with Gasteiger partial charge in [0, 0.05) is 57.9 Å². The molecule has 2 aliphatic rings. The minimum atomic E-state index is -0.655. The summed E-state index contributed by atoms with van der Waals surface area (Å²) < 4.78 is 2.03. The van der Waals surface area contributed by atoms with E-state index in [4.69, 9.17) is 5.11 Å². The van der Waals surface area contributed by atoms with Crippen LogP contribution in [0.1, 0.15) is 22.7 Å². The summed E-state index contributed by atoms with van der Waals surface area (Å²) in [6.45, 7) is 3.39. The van der Waals surface area contributed by atoms with Crippen LogP contribution in [0.3, 0.4) is 0 Å². The predicted octanol–water partition coefficient (Wildman–Crippen LogP) is -1.16. The van der Waals surface area contributed by atoms with E-state index in [1.807, 2.05) is 10.8 Å². The van der Waals surface area contributed by atoms with Crippen LogP contribution in [0.2, 0.25) is 0 Å². The third-order valence-electron chi connectivity index (χ3n) is 4.38. The normalized spacial score (nSPS) is 26.3. The summed E-state index contributed by atoms with van der Waals surface area (Å²) in [6.07, 6.45) is 2.61. The van der Waals surface area contributed by atoms with Crippen molar-refractivity contribution in [1.29, 1.82) is 0 Å². The van der Waals surface area contributed by atoms with Crippen molar-refractivity contribution in [2.45, 2.75) is 25.5 Å². The molecule has 21 heavy (non-hydrogen) atoms. The summed E-state index contributed by atoms with van der Waals surface area (Å²) in [5.41, 5.74) is 0.460. The zero-order valence-corrected chi connectivity index (χ0v) is 12.0. The van der Waals surface area contributed by atoms with Crippen LogP contribution < -0.4 is 5.32 Å². The van der Waals surface area contributed by atoms with Gasteiger partial charge in [-0.05, 0) is 6.42 Å². The second kappa shape index (κ2) is 6.13. The van der Waals surface area contributed by atoms with E-state index in [2.05, 4.69) is 10.3 Å². The molecule has 3 heterocycles. The molecule has 0 saturated carbocycles. The van der Waals surface area contributed by atoms with Crippen LogP contribution in [0.5, 0.6) is 0 Å². The second-order valence-electron chi connectivity index (χ2n) is 5.79. The molecule has 7 heteroatoms. The standard InChI is InChI=1S/C14H22N4O3/c19-9-10-2-5-18(8-12(10)20)14(21)11-7-17-6-4-15-3-1-13(17)16-11/h7,10,12,15,19-20H,1-6,8-9H2/t10-,12+/m1/s1. The Morgan fingerprint density at radius 3 is 3.05 bits per heavy atom. The van der Waals surface area contributed by atoms with E-state index in [9.17, 15) is 9.90 Å². The smallest absolute Gasteiger partial charge is 0.274 e. The highest BCUT2D eigenvalue weighted by atomic mass is 16.3. The highest BCUT2D eigenvalue weighted by Crippen LogP contribution is 2.19. The Kier molecular flexibility index (Phi) is 4.23. The average Bonchev–Trinajstić information content (AvgIpc) is 2.77. The van der Waals surface area contributed by atoms with Crippen molar-refractivity contribution in [3.63, 3.8) is 0 Å². The Bertz CT molecular complexity index is 493. The van der Waals surface area contributed by atoms with Gasteiger partial charge in [0.05, 0.1) is 6.10 Å². The number of likely N-dealkylation sites (tertiary alicyclic amines) is 1. The number of piperidine rings is 1. The number of carbonyl (C=O) groups excluding carboxylic acids is 1.